The van der Waals surface area contributed by atoms with Gasteiger partial charge >= 0.3 is 0 Å². The quantitative estimate of drug-likeness (QED) is 0.0911. The fourth-order valence-electron chi connectivity index (χ4n) is 5.80. The Hall–Kier alpha value is -2.29. The highest BCUT2D eigenvalue weighted by molar-refractivity contribution is 8.01. The summed E-state index contributed by atoms with van der Waals surface area (Å²) >= 11 is 6.73. The molecule has 0 spiro atoms. The lowest BCUT2D eigenvalue weighted by Gasteiger charge is -2.35. The summed E-state index contributed by atoms with van der Waals surface area (Å²) in [6.45, 7) is 2.88. The number of oxime groups is 1. The van der Waals surface area contributed by atoms with Crippen LogP contribution in [0.25, 0.3) is 0 Å². The van der Waals surface area contributed by atoms with Gasteiger partial charge in [-0.3, -0.25) is 0 Å². The van der Waals surface area contributed by atoms with Gasteiger partial charge in [-0.05, 0) is 57.3 Å². The number of methoxy groups -OCH3 is 2. The van der Waals surface area contributed by atoms with E-state index in [0.717, 1.165) is 73.3 Å². The minimum Gasteiger partial charge on any atom is -0.411 e. The van der Waals surface area contributed by atoms with Gasteiger partial charge in [-0.2, -0.15) is 0 Å². The van der Waals surface area contributed by atoms with E-state index in [1.807, 2.05) is 36.7 Å². The molecular formula is C33H37N3O5S4. The number of thiophene rings is 2. The molecule has 0 saturated carbocycles. The molecule has 0 amide bonds. The van der Waals surface area contributed by atoms with Crippen LogP contribution >= 0.6 is 46.2 Å². The van der Waals surface area contributed by atoms with Crippen LogP contribution in [0.15, 0.2) is 83.2 Å². The molecule has 2 saturated heterocycles. The van der Waals surface area contributed by atoms with Gasteiger partial charge in [-0.15, -0.1) is 22.7 Å². The highest BCUT2D eigenvalue weighted by Gasteiger charge is 2.36. The van der Waals surface area contributed by atoms with Crippen molar-refractivity contribution in [3.63, 3.8) is 0 Å². The first kappa shape index (κ1) is 32.6. The fourth-order valence-corrected chi connectivity index (χ4v) is 9.70. The summed E-state index contributed by atoms with van der Waals surface area (Å²) in [5.74, 6) is 0. The maximum Gasteiger partial charge on any atom is 0.101 e. The number of rotatable bonds is 12. The van der Waals surface area contributed by atoms with Crippen LogP contribution in [0, 0.1) is 0 Å². The molecule has 2 aliphatic rings. The maximum atomic E-state index is 9.76. The van der Waals surface area contributed by atoms with Gasteiger partial charge in [0, 0.05) is 91.6 Å². The summed E-state index contributed by atoms with van der Waals surface area (Å²) in [6, 6.07) is 12.6. The Bertz CT molecular complexity index is 1450. The predicted octanol–water partition coefficient (Wildman–Crippen LogP) is 7.82. The highest BCUT2D eigenvalue weighted by Crippen LogP contribution is 2.42. The summed E-state index contributed by atoms with van der Waals surface area (Å²) < 4.78 is 25.4. The van der Waals surface area contributed by atoms with Crippen LogP contribution < -0.4 is 0 Å². The van der Waals surface area contributed by atoms with Crippen LogP contribution in [0.4, 0.5) is 0 Å². The molecule has 0 unspecified atom stereocenters. The molecule has 6 heterocycles. The molecule has 0 radical (unpaired) electrons. The van der Waals surface area contributed by atoms with E-state index in [1.165, 1.54) is 19.5 Å². The number of hydrogen-bond acceptors (Lipinski definition) is 12. The summed E-state index contributed by atoms with van der Waals surface area (Å²) in [5.41, 5.74) is 4.56. The summed E-state index contributed by atoms with van der Waals surface area (Å²) in [6.07, 6.45) is 8.22. The zero-order valence-electron chi connectivity index (χ0n) is 25.4. The number of aromatic nitrogens is 2. The molecule has 2 aliphatic heterocycles. The molecule has 1 N–H and O–H groups in total. The van der Waals surface area contributed by atoms with Crippen LogP contribution in [0.3, 0.4) is 0 Å². The summed E-state index contributed by atoms with van der Waals surface area (Å²) in [5, 5.41) is 19.6. The first-order valence-electron chi connectivity index (χ1n) is 14.9. The smallest absolute Gasteiger partial charge is 0.101 e. The van der Waals surface area contributed by atoms with Crippen molar-refractivity contribution in [2.45, 2.75) is 68.2 Å². The topological polar surface area (TPSA) is 95.3 Å². The largest absolute Gasteiger partial charge is 0.411 e. The van der Waals surface area contributed by atoms with Crippen molar-refractivity contribution in [2.24, 2.45) is 5.16 Å². The minimum atomic E-state index is -0.258. The van der Waals surface area contributed by atoms with Crippen molar-refractivity contribution in [2.75, 3.05) is 40.6 Å². The molecular weight excluding hydrogens is 647 g/mol. The van der Waals surface area contributed by atoms with Gasteiger partial charge in [0.1, 0.15) is 10.1 Å². The van der Waals surface area contributed by atoms with Crippen LogP contribution in [0.1, 0.15) is 47.9 Å². The Morgan fingerprint density at radius 1 is 0.778 bits per heavy atom. The Morgan fingerprint density at radius 3 is 1.58 bits per heavy atom. The highest BCUT2D eigenvalue weighted by atomic mass is 32.2. The standard InChI is InChI=1S/C33H37N3O5S4/c1-38-32(7-11-40-12-8-32)25-17-30(42-21-25)44-28-5-3-23(19-34-28)15-27(36-37)16-24-4-6-29(35-20-24)45-31-18-26(22-43-31)33(39-2)9-13-41-14-10-33/h3-6,17-22,37H,7-16H2,1-2H3. The summed E-state index contributed by atoms with van der Waals surface area (Å²) in [4.78, 5) is 9.35. The van der Waals surface area contributed by atoms with Crippen LogP contribution in [-0.4, -0.2) is 61.5 Å². The first-order valence-corrected chi connectivity index (χ1v) is 18.3. The number of nitrogens with zero attached hydrogens (tertiary/aromatic N) is 3. The monoisotopic (exact) mass is 683 g/mol. The van der Waals surface area contributed by atoms with Gasteiger partial charge < -0.3 is 24.2 Å². The van der Waals surface area contributed by atoms with E-state index < -0.39 is 0 Å². The SMILES string of the molecule is COC1(c2csc(Sc3ccc(CC(Cc4ccc(Sc5cc(C6(OC)CCOCC6)cs5)nc4)=NO)cn3)c2)CCOCC1. The molecule has 2 fully saturated rings. The van der Waals surface area contributed by atoms with Crippen molar-refractivity contribution in [3.8, 4) is 0 Å². The Balaban J connectivity index is 1.02. The second-order valence-electron chi connectivity index (χ2n) is 11.2. The lowest BCUT2D eigenvalue weighted by Crippen LogP contribution is -2.35. The van der Waals surface area contributed by atoms with E-state index in [2.05, 4.69) is 38.0 Å². The second kappa shape index (κ2) is 15.1. The third-order valence-corrected chi connectivity index (χ3v) is 12.6. The maximum absolute atomic E-state index is 9.76. The van der Waals surface area contributed by atoms with E-state index in [1.54, 1.807) is 60.4 Å². The van der Waals surface area contributed by atoms with Gasteiger partial charge in [0.2, 0.25) is 0 Å². The number of hydrogen-bond donors (Lipinski definition) is 1. The van der Waals surface area contributed by atoms with E-state index >= 15 is 0 Å². The van der Waals surface area contributed by atoms with Gasteiger partial charge in [-0.1, -0.05) is 40.8 Å². The average molecular weight is 684 g/mol. The van der Waals surface area contributed by atoms with Crippen molar-refractivity contribution in [3.05, 3.63) is 81.8 Å². The van der Waals surface area contributed by atoms with Gasteiger partial charge in [-0.25, -0.2) is 9.97 Å². The van der Waals surface area contributed by atoms with E-state index in [9.17, 15) is 5.21 Å². The van der Waals surface area contributed by atoms with Gasteiger partial charge in [0.25, 0.3) is 0 Å². The Morgan fingerprint density at radius 2 is 1.22 bits per heavy atom. The third-order valence-electron chi connectivity index (χ3n) is 8.55. The number of ether oxygens (including phenoxy) is 4. The van der Waals surface area contributed by atoms with E-state index in [0.29, 0.717) is 18.6 Å². The molecule has 4 aromatic rings. The van der Waals surface area contributed by atoms with Crippen LogP contribution in [-0.2, 0) is 43.0 Å². The lowest BCUT2D eigenvalue weighted by molar-refractivity contribution is -0.0948. The van der Waals surface area contributed by atoms with Crippen molar-refractivity contribution >= 4 is 51.9 Å². The van der Waals surface area contributed by atoms with E-state index in [4.69, 9.17) is 18.9 Å². The van der Waals surface area contributed by atoms with Crippen molar-refractivity contribution in [1.82, 2.24) is 9.97 Å². The van der Waals surface area contributed by atoms with Gasteiger partial charge in [0.05, 0.1) is 25.3 Å². The molecule has 238 valence electrons. The van der Waals surface area contributed by atoms with Crippen molar-refractivity contribution < 1.29 is 24.2 Å². The van der Waals surface area contributed by atoms with Crippen molar-refractivity contribution in [1.29, 1.82) is 0 Å². The molecule has 0 aliphatic carbocycles. The van der Waals surface area contributed by atoms with E-state index in [-0.39, 0.29) is 11.2 Å². The normalized spacial score (nSPS) is 17.6. The number of pyridine rings is 2. The molecule has 4 aromatic heterocycles. The molecule has 0 aromatic carbocycles. The Labute approximate surface area is 280 Å². The average Bonchev–Trinajstić information content (AvgIpc) is 3.77. The van der Waals surface area contributed by atoms with Crippen LogP contribution in [0.5, 0.6) is 0 Å². The molecule has 0 atom stereocenters. The van der Waals surface area contributed by atoms with Gasteiger partial charge in [0.15, 0.2) is 0 Å². The minimum absolute atomic E-state index is 0.258. The molecule has 6 rings (SSSR count). The zero-order chi connectivity index (χ0) is 31.1. The molecule has 45 heavy (non-hydrogen) atoms. The predicted molar refractivity (Wildman–Crippen MR) is 179 cm³/mol. The molecule has 12 heteroatoms. The summed E-state index contributed by atoms with van der Waals surface area (Å²) in [7, 11) is 3.58. The third kappa shape index (κ3) is 7.82. The molecule has 0 bridgehead atoms. The zero-order valence-corrected chi connectivity index (χ0v) is 28.7. The fraction of sp³-hybridized carbons (Fsp3) is 0.424. The lowest BCUT2D eigenvalue weighted by atomic mass is 9.88. The Kier molecular flexibility index (Phi) is 10.9. The second-order valence-corrected chi connectivity index (χ2v) is 15.6. The first-order chi connectivity index (χ1) is 22.0. The molecule has 8 nitrogen and oxygen atoms in total. The van der Waals surface area contributed by atoms with Crippen LogP contribution in [0.2, 0.25) is 0 Å².